The molecule has 156 valence electrons. The summed E-state index contributed by atoms with van der Waals surface area (Å²) in [7, 11) is 0. The second-order valence-electron chi connectivity index (χ2n) is 7.96. The molecular formula is C23H30N2O4. The van der Waals surface area contributed by atoms with Crippen molar-refractivity contribution in [2.24, 2.45) is 11.8 Å². The lowest BCUT2D eigenvalue weighted by atomic mass is 9.83. The molecule has 3 rings (SSSR count). The zero-order chi connectivity index (χ0) is 20.6. The predicted molar refractivity (Wildman–Crippen MR) is 112 cm³/mol. The number of hydrogen-bond acceptors (Lipinski definition) is 4. The largest absolute Gasteiger partial charge is 0.459 e. The van der Waals surface area contributed by atoms with Crippen LogP contribution >= 0.6 is 0 Å². The fraction of sp³-hybridized carbons (Fsp3) is 0.478. The summed E-state index contributed by atoms with van der Waals surface area (Å²) in [6.45, 7) is 2.40. The van der Waals surface area contributed by atoms with Crippen molar-refractivity contribution in [3.8, 4) is 0 Å². The number of furan rings is 1. The lowest BCUT2D eigenvalue weighted by Crippen LogP contribution is -2.32. The van der Waals surface area contributed by atoms with Crippen LogP contribution in [0.25, 0.3) is 0 Å². The van der Waals surface area contributed by atoms with Gasteiger partial charge in [-0.3, -0.25) is 9.59 Å². The van der Waals surface area contributed by atoms with E-state index in [1.165, 1.54) is 38.4 Å². The summed E-state index contributed by atoms with van der Waals surface area (Å²) in [5.41, 5.74) is 1.90. The van der Waals surface area contributed by atoms with Gasteiger partial charge in [-0.25, -0.2) is 0 Å². The minimum Gasteiger partial charge on any atom is -0.459 e. The number of amides is 2. The Hall–Kier alpha value is -2.60. The van der Waals surface area contributed by atoms with Crippen molar-refractivity contribution >= 4 is 17.5 Å². The maximum Gasteiger partial charge on any atom is 0.291 e. The maximum absolute atomic E-state index is 12.6. The van der Waals surface area contributed by atoms with Crippen LogP contribution in [0.2, 0.25) is 0 Å². The van der Waals surface area contributed by atoms with E-state index in [4.69, 9.17) is 4.42 Å². The zero-order valence-electron chi connectivity index (χ0n) is 16.9. The van der Waals surface area contributed by atoms with E-state index in [0.29, 0.717) is 23.7 Å². The molecule has 2 amide bonds. The minimum atomic E-state index is -0.358. The highest BCUT2D eigenvalue weighted by Gasteiger charge is 2.20. The van der Waals surface area contributed by atoms with Crippen molar-refractivity contribution in [1.82, 2.24) is 5.32 Å². The van der Waals surface area contributed by atoms with Gasteiger partial charge in [0.1, 0.15) is 0 Å². The van der Waals surface area contributed by atoms with Gasteiger partial charge in [0.15, 0.2) is 5.76 Å². The number of benzene rings is 1. The van der Waals surface area contributed by atoms with E-state index in [9.17, 15) is 14.7 Å². The van der Waals surface area contributed by atoms with Crippen LogP contribution < -0.4 is 10.6 Å². The summed E-state index contributed by atoms with van der Waals surface area (Å²) < 4.78 is 5.11. The first-order valence-electron chi connectivity index (χ1n) is 10.4. The molecule has 2 aromatic rings. The van der Waals surface area contributed by atoms with E-state index in [1.54, 1.807) is 30.3 Å². The molecule has 1 aliphatic rings. The van der Waals surface area contributed by atoms with Crippen LogP contribution in [0.1, 0.15) is 65.0 Å². The van der Waals surface area contributed by atoms with Crippen molar-refractivity contribution < 1.29 is 19.1 Å². The lowest BCUT2D eigenvalue weighted by molar-refractivity contribution is 0.0931. The standard InChI is InChI=1S/C23H30N2O4/c1-16-9-10-19(13-20(16)25-23(28)21-8-5-11-29-21)22(27)24-14-18(15-26)12-17-6-3-2-4-7-17/h5,8-11,13,17-18,26H,2-4,6-7,12,14-15H2,1H3,(H,24,27)(H,25,28)/t18-/m0/s1. The molecule has 6 heteroatoms. The normalized spacial score (nSPS) is 15.7. The molecule has 0 aliphatic heterocycles. The maximum atomic E-state index is 12.6. The Labute approximate surface area is 171 Å². The van der Waals surface area contributed by atoms with Crippen molar-refractivity contribution in [3.05, 3.63) is 53.5 Å². The molecule has 0 saturated heterocycles. The van der Waals surface area contributed by atoms with Crippen LogP contribution in [-0.4, -0.2) is 30.1 Å². The Kier molecular flexibility index (Phi) is 7.47. The molecule has 1 saturated carbocycles. The molecule has 3 N–H and O–H groups in total. The number of aryl methyl sites for hydroxylation is 1. The van der Waals surface area contributed by atoms with Gasteiger partial charge in [-0.1, -0.05) is 38.2 Å². The van der Waals surface area contributed by atoms with E-state index >= 15 is 0 Å². The Morgan fingerprint density at radius 1 is 1.17 bits per heavy atom. The quantitative estimate of drug-likeness (QED) is 0.623. The van der Waals surface area contributed by atoms with Gasteiger partial charge >= 0.3 is 0 Å². The highest BCUT2D eigenvalue weighted by Crippen LogP contribution is 2.29. The molecule has 1 aliphatic carbocycles. The zero-order valence-corrected chi connectivity index (χ0v) is 16.9. The monoisotopic (exact) mass is 398 g/mol. The number of nitrogens with one attached hydrogen (secondary N) is 2. The summed E-state index contributed by atoms with van der Waals surface area (Å²) >= 11 is 0. The van der Waals surface area contributed by atoms with Crippen LogP contribution in [0.5, 0.6) is 0 Å². The highest BCUT2D eigenvalue weighted by atomic mass is 16.3. The van der Waals surface area contributed by atoms with E-state index in [-0.39, 0.29) is 30.1 Å². The van der Waals surface area contributed by atoms with Crippen molar-refractivity contribution in [2.75, 3.05) is 18.5 Å². The summed E-state index contributed by atoms with van der Waals surface area (Å²) in [5, 5.41) is 15.4. The van der Waals surface area contributed by atoms with Gasteiger partial charge in [0.2, 0.25) is 0 Å². The smallest absolute Gasteiger partial charge is 0.291 e. The average molecular weight is 399 g/mol. The Bertz CT molecular complexity index is 810. The molecule has 0 radical (unpaired) electrons. The van der Waals surface area contributed by atoms with E-state index < -0.39 is 0 Å². The molecule has 6 nitrogen and oxygen atoms in total. The Balaban J connectivity index is 1.57. The number of anilines is 1. The second-order valence-corrected chi connectivity index (χ2v) is 7.96. The number of carbonyl (C=O) groups is 2. The fourth-order valence-corrected chi connectivity index (χ4v) is 3.95. The van der Waals surface area contributed by atoms with Crippen molar-refractivity contribution in [2.45, 2.75) is 45.4 Å². The molecule has 0 bridgehead atoms. The van der Waals surface area contributed by atoms with Gasteiger partial charge in [-0.15, -0.1) is 0 Å². The first kappa shape index (κ1) is 21.1. The topological polar surface area (TPSA) is 91.6 Å². The summed E-state index contributed by atoms with van der Waals surface area (Å²) in [4.78, 5) is 24.8. The summed E-state index contributed by atoms with van der Waals surface area (Å²) in [6, 6.07) is 8.44. The first-order chi connectivity index (χ1) is 14.1. The molecule has 1 atom stereocenters. The van der Waals surface area contributed by atoms with Gasteiger partial charge in [0, 0.05) is 24.4 Å². The van der Waals surface area contributed by atoms with Gasteiger partial charge < -0.3 is 20.2 Å². The number of carbonyl (C=O) groups excluding carboxylic acids is 2. The number of rotatable bonds is 8. The minimum absolute atomic E-state index is 0.0747. The van der Waals surface area contributed by atoms with Crippen LogP contribution in [0, 0.1) is 18.8 Å². The molecule has 0 spiro atoms. The van der Waals surface area contributed by atoms with Gasteiger partial charge in [-0.2, -0.15) is 0 Å². The third-order valence-electron chi connectivity index (χ3n) is 5.69. The average Bonchev–Trinajstić information content (AvgIpc) is 3.28. The number of hydrogen-bond donors (Lipinski definition) is 3. The second kappa shape index (κ2) is 10.3. The highest BCUT2D eigenvalue weighted by molar-refractivity contribution is 6.03. The van der Waals surface area contributed by atoms with Gasteiger partial charge in [-0.05, 0) is 55.0 Å². The molecule has 1 aromatic carbocycles. The Morgan fingerprint density at radius 3 is 2.66 bits per heavy atom. The van der Waals surface area contributed by atoms with Crippen molar-refractivity contribution in [1.29, 1.82) is 0 Å². The first-order valence-corrected chi connectivity index (χ1v) is 10.4. The molecule has 1 aromatic heterocycles. The summed E-state index contributed by atoms with van der Waals surface area (Å²) in [5.74, 6) is 0.378. The van der Waals surface area contributed by atoms with Crippen LogP contribution in [0.3, 0.4) is 0 Å². The molecule has 0 unspecified atom stereocenters. The fourth-order valence-electron chi connectivity index (χ4n) is 3.95. The van der Waals surface area contributed by atoms with Crippen molar-refractivity contribution in [3.63, 3.8) is 0 Å². The predicted octanol–water partition coefficient (Wildman–Crippen LogP) is 4.15. The third kappa shape index (κ3) is 5.94. The van der Waals surface area contributed by atoms with E-state index in [0.717, 1.165) is 12.0 Å². The number of aliphatic hydroxyl groups is 1. The van der Waals surface area contributed by atoms with E-state index in [1.807, 2.05) is 6.92 Å². The Morgan fingerprint density at radius 2 is 1.97 bits per heavy atom. The van der Waals surface area contributed by atoms with Crippen LogP contribution in [0.15, 0.2) is 41.0 Å². The van der Waals surface area contributed by atoms with Crippen LogP contribution in [-0.2, 0) is 0 Å². The van der Waals surface area contributed by atoms with Gasteiger partial charge in [0.25, 0.3) is 11.8 Å². The van der Waals surface area contributed by atoms with Gasteiger partial charge in [0.05, 0.1) is 6.26 Å². The SMILES string of the molecule is Cc1ccc(C(=O)NC[C@@H](CO)CC2CCCCC2)cc1NC(=O)c1ccco1. The molecular weight excluding hydrogens is 368 g/mol. The molecule has 1 fully saturated rings. The molecule has 29 heavy (non-hydrogen) atoms. The van der Waals surface area contributed by atoms with E-state index in [2.05, 4.69) is 10.6 Å². The third-order valence-corrected chi connectivity index (χ3v) is 5.69. The lowest BCUT2D eigenvalue weighted by Gasteiger charge is -2.25. The molecule has 1 heterocycles. The summed E-state index contributed by atoms with van der Waals surface area (Å²) in [6.07, 6.45) is 8.69. The number of aliphatic hydroxyl groups excluding tert-OH is 1. The van der Waals surface area contributed by atoms with Crippen LogP contribution in [0.4, 0.5) is 5.69 Å².